The van der Waals surface area contributed by atoms with Crippen molar-refractivity contribution in [1.82, 2.24) is 10.2 Å². The predicted octanol–water partition coefficient (Wildman–Crippen LogP) is 1.97. The van der Waals surface area contributed by atoms with Crippen molar-refractivity contribution in [1.29, 1.82) is 0 Å². The van der Waals surface area contributed by atoms with Crippen LogP contribution in [0, 0.1) is 10.1 Å². The molecule has 1 aromatic rings. The zero-order valence-corrected chi connectivity index (χ0v) is 13.3. The van der Waals surface area contributed by atoms with E-state index in [0.717, 1.165) is 0 Å². The van der Waals surface area contributed by atoms with Crippen LogP contribution in [-0.2, 0) is 4.79 Å². The van der Waals surface area contributed by atoms with E-state index in [4.69, 9.17) is 0 Å². The lowest BCUT2D eigenvalue weighted by Gasteiger charge is -2.25. The van der Waals surface area contributed by atoms with Gasteiger partial charge >= 0.3 is 0 Å². The monoisotopic (exact) mass is 307 g/mol. The number of rotatable bonds is 5. The minimum Gasteiger partial charge on any atom is -0.350 e. The molecule has 0 saturated heterocycles. The van der Waals surface area contributed by atoms with E-state index in [1.54, 1.807) is 6.92 Å². The highest BCUT2D eigenvalue weighted by atomic mass is 16.6. The summed E-state index contributed by atoms with van der Waals surface area (Å²) in [6.45, 7) is 7.55. The number of carbonyl (C=O) groups is 2. The molecule has 0 aliphatic heterocycles. The van der Waals surface area contributed by atoms with E-state index < -0.39 is 10.8 Å². The highest BCUT2D eigenvalue weighted by molar-refractivity contribution is 5.97. The van der Waals surface area contributed by atoms with Crippen LogP contribution in [0.5, 0.6) is 0 Å². The quantitative estimate of drug-likeness (QED) is 0.665. The molecule has 22 heavy (non-hydrogen) atoms. The van der Waals surface area contributed by atoms with Gasteiger partial charge in [0.05, 0.1) is 11.5 Å². The summed E-state index contributed by atoms with van der Waals surface area (Å²) in [5, 5.41) is 13.5. The van der Waals surface area contributed by atoms with E-state index in [2.05, 4.69) is 5.32 Å². The van der Waals surface area contributed by atoms with Gasteiger partial charge in [-0.2, -0.15) is 0 Å². The molecule has 7 heteroatoms. The molecule has 2 amide bonds. The average molecular weight is 307 g/mol. The molecular weight excluding hydrogens is 286 g/mol. The Morgan fingerprint density at radius 1 is 1.32 bits per heavy atom. The zero-order chi connectivity index (χ0) is 16.9. The maximum absolute atomic E-state index is 12.4. The number of hydrogen-bond donors (Lipinski definition) is 1. The molecule has 0 aliphatic carbocycles. The Morgan fingerprint density at radius 2 is 1.95 bits per heavy atom. The van der Waals surface area contributed by atoms with Crippen LogP contribution in [0.25, 0.3) is 0 Å². The van der Waals surface area contributed by atoms with E-state index >= 15 is 0 Å². The number of nitrogens with one attached hydrogen (secondary N) is 1. The third-order valence-corrected chi connectivity index (χ3v) is 2.82. The first kappa shape index (κ1) is 17.6. The number of non-ortho nitro benzene ring substituents is 1. The Balaban J connectivity index is 2.86. The van der Waals surface area contributed by atoms with Crippen molar-refractivity contribution in [2.45, 2.75) is 33.2 Å². The molecule has 0 saturated carbocycles. The molecule has 1 N–H and O–H groups in total. The van der Waals surface area contributed by atoms with Crippen LogP contribution in [0.4, 0.5) is 5.69 Å². The van der Waals surface area contributed by atoms with Crippen molar-refractivity contribution >= 4 is 17.5 Å². The van der Waals surface area contributed by atoms with Gasteiger partial charge in [0.25, 0.3) is 11.6 Å². The van der Waals surface area contributed by atoms with Gasteiger partial charge in [-0.15, -0.1) is 0 Å². The number of nitrogens with zero attached hydrogens (tertiary/aromatic N) is 2. The Kier molecular flexibility index (Phi) is 5.62. The van der Waals surface area contributed by atoms with E-state index in [1.807, 2.05) is 20.8 Å². The van der Waals surface area contributed by atoms with Crippen molar-refractivity contribution in [3.8, 4) is 0 Å². The molecule has 0 atom stereocenters. The summed E-state index contributed by atoms with van der Waals surface area (Å²) < 4.78 is 0. The second-order valence-electron chi connectivity index (χ2n) is 5.92. The van der Waals surface area contributed by atoms with Crippen LogP contribution in [0.1, 0.15) is 38.1 Å². The van der Waals surface area contributed by atoms with E-state index in [0.29, 0.717) is 6.54 Å². The number of hydrogen-bond acceptors (Lipinski definition) is 4. The third-order valence-electron chi connectivity index (χ3n) is 2.82. The second-order valence-corrected chi connectivity index (χ2v) is 5.92. The smallest absolute Gasteiger partial charge is 0.270 e. The first-order valence-corrected chi connectivity index (χ1v) is 6.99. The van der Waals surface area contributed by atoms with Gasteiger partial charge in [0.15, 0.2) is 0 Å². The lowest BCUT2D eigenvalue weighted by atomic mass is 10.1. The molecule has 0 unspecified atom stereocenters. The number of nitro groups is 1. The van der Waals surface area contributed by atoms with Gasteiger partial charge in [-0.1, -0.05) is 6.07 Å². The summed E-state index contributed by atoms with van der Waals surface area (Å²) in [4.78, 5) is 35.9. The van der Waals surface area contributed by atoms with Gasteiger partial charge in [0.2, 0.25) is 5.91 Å². The van der Waals surface area contributed by atoms with Crippen molar-refractivity contribution < 1.29 is 14.5 Å². The first-order chi connectivity index (χ1) is 10.1. The molecule has 0 spiro atoms. The number of likely N-dealkylation sites (N-methyl/N-ethyl adjacent to an activating group) is 1. The molecule has 1 rings (SSSR count). The number of benzene rings is 1. The molecule has 0 bridgehead atoms. The fourth-order valence-corrected chi connectivity index (χ4v) is 1.89. The molecule has 0 aromatic heterocycles. The van der Waals surface area contributed by atoms with Gasteiger partial charge in [0, 0.05) is 29.8 Å². The lowest BCUT2D eigenvalue weighted by molar-refractivity contribution is -0.384. The molecule has 1 aromatic carbocycles. The normalized spacial score (nSPS) is 10.9. The molecular formula is C15H21N3O4. The molecule has 0 fully saturated rings. The van der Waals surface area contributed by atoms with Crippen molar-refractivity contribution in [3.05, 3.63) is 39.9 Å². The summed E-state index contributed by atoms with van der Waals surface area (Å²) in [6.07, 6.45) is 0. The fourth-order valence-electron chi connectivity index (χ4n) is 1.89. The van der Waals surface area contributed by atoms with E-state index in [-0.39, 0.29) is 29.2 Å². The van der Waals surface area contributed by atoms with Crippen LogP contribution in [0.2, 0.25) is 0 Å². The summed E-state index contributed by atoms with van der Waals surface area (Å²) in [7, 11) is 0. The van der Waals surface area contributed by atoms with Crippen LogP contribution in [0.15, 0.2) is 24.3 Å². The van der Waals surface area contributed by atoms with E-state index in [9.17, 15) is 19.7 Å². The average Bonchev–Trinajstić information content (AvgIpc) is 2.42. The highest BCUT2D eigenvalue weighted by Crippen LogP contribution is 2.15. The molecule has 120 valence electrons. The zero-order valence-electron chi connectivity index (χ0n) is 13.3. The minimum absolute atomic E-state index is 0.0880. The minimum atomic E-state index is -0.556. The summed E-state index contributed by atoms with van der Waals surface area (Å²) in [5.41, 5.74) is -0.342. The van der Waals surface area contributed by atoms with Crippen LogP contribution in [0.3, 0.4) is 0 Å². The maximum atomic E-state index is 12.4. The lowest BCUT2D eigenvalue weighted by Crippen LogP contribution is -2.47. The Morgan fingerprint density at radius 3 is 2.45 bits per heavy atom. The second kappa shape index (κ2) is 7.02. The molecule has 0 aliphatic rings. The number of nitro benzene ring substituents is 1. The van der Waals surface area contributed by atoms with Gasteiger partial charge < -0.3 is 10.2 Å². The summed E-state index contributed by atoms with van der Waals surface area (Å²) in [6, 6.07) is 5.49. The van der Waals surface area contributed by atoms with Crippen LogP contribution < -0.4 is 5.32 Å². The van der Waals surface area contributed by atoms with Crippen molar-refractivity contribution in [2.24, 2.45) is 0 Å². The SMILES string of the molecule is CCN(CC(=O)NC(C)(C)C)C(=O)c1cccc([N+](=O)[O-])c1. The van der Waals surface area contributed by atoms with Gasteiger partial charge in [-0.05, 0) is 33.8 Å². The third kappa shape index (κ3) is 5.16. The summed E-state index contributed by atoms with van der Waals surface area (Å²) >= 11 is 0. The number of amides is 2. The van der Waals surface area contributed by atoms with Gasteiger partial charge in [-0.25, -0.2) is 0 Å². The largest absolute Gasteiger partial charge is 0.350 e. The number of carbonyl (C=O) groups excluding carboxylic acids is 2. The maximum Gasteiger partial charge on any atom is 0.270 e. The molecule has 0 heterocycles. The molecule has 0 radical (unpaired) electrons. The van der Waals surface area contributed by atoms with Gasteiger partial charge in [-0.3, -0.25) is 19.7 Å². The summed E-state index contributed by atoms with van der Waals surface area (Å²) in [5.74, 6) is -0.677. The van der Waals surface area contributed by atoms with Crippen LogP contribution >= 0.6 is 0 Å². The van der Waals surface area contributed by atoms with Crippen molar-refractivity contribution in [3.63, 3.8) is 0 Å². The van der Waals surface area contributed by atoms with Crippen molar-refractivity contribution in [2.75, 3.05) is 13.1 Å². The Hall–Kier alpha value is -2.44. The highest BCUT2D eigenvalue weighted by Gasteiger charge is 2.21. The Bertz CT molecular complexity index is 578. The Labute approximate surface area is 129 Å². The standard InChI is InChI=1S/C15H21N3O4/c1-5-17(10-13(19)16-15(2,3)4)14(20)11-7-6-8-12(9-11)18(21)22/h6-9H,5,10H2,1-4H3,(H,16,19). The first-order valence-electron chi connectivity index (χ1n) is 6.99. The predicted molar refractivity (Wildman–Crippen MR) is 82.6 cm³/mol. The van der Waals surface area contributed by atoms with Gasteiger partial charge in [0.1, 0.15) is 0 Å². The topological polar surface area (TPSA) is 92.6 Å². The van der Waals surface area contributed by atoms with Crippen LogP contribution in [-0.4, -0.2) is 40.3 Å². The van der Waals surface area contributed by atoms with E-state index in [1.165, 1.54) is 29.2 Å². The fraction of sp³-hybridized carbons (Fsp3) is 0.467. The molecule has 7 nitrogen and oxygen atoms in total.